The molecule has 0 saturated heterocycles. The molecule has 2 N–H and O–H groups in total. The molecule has 0 spiro atoms. The van der Waals surface area contributed by atoms with Gasteiger partial charge in [0.05, 0.1) is 20.0 Å². The topological polar surface area (TPSA) is 114 Å². The van der Waals surface area contributed by atoms with E-state index in [9.17, 15) is 4.57 Å². The fourth-order valence-corrected chi connectivity index (χ4v) is 2.83. The number of fused-ring (bicyclic) bond motifs is 1. The number of benzene rings is 1. The van der Waals surface area contributed by atoms with Crippen LogP contribution in [0.4, 0.5) is 5.82 Å². The van der Waals surface area contributed by atoms with Gasteiger partial charge in [-0.15, -0.1) is 0 Å². The molecule has 1 unspecified atom stereocenters. The highest BCUT2D eigenvalue weighted by Crippen LogP contribution is 2.28. The molecule has 2 heterocycles. The van der Waals surface area contributed by atoms with Crippen LogP contribution >= 0.6 is 8.03 Å². The van der Waals surface area contributed by atoms with Crippen molar-refractivity contribution in [2.45, 2.75) is 6.54 Å². The molecule has 0 aliphatic carbocycles. The van der Waals surface area contributed by atoms with Crippen molar-refractivity contribution in [2.24, 2.45) is 0 Å². The molecule has 3 rings (SSSR count). The zero-order chi connectivity index (χ0) is 17.6. The van der Waals surface area contributed by atoms with E-state index in [4.69, 9.17) is 19.7 Å². The largest absolute Gasteiger partial charge is 0.585 e. The van der Waals surface area contributed by atoms with Crippen LogP contribution in [0.2, 0.25) is 0 Å². The molecule has 0 saturated carbocycles. The second-order valence-corrected chi connectivity index (χ2v) is 6.11. The Labute approximate surface area is 144 Å². The van der Waals surface area contributed by atoms with E-state index in [1.807, 2.05) is 0 Å². The van der Waals surface area contributed by atoms with Gasteiger partial charge in [0, 0.05) is 6.54 Å². The summed E-state index contributed by atoms with van der Waals surface area (Å²) in [5.41, 5.74) is 6.92. The summed E-state index contributed by atoms with van der Waals surface area (Å²) >= 11 is 0. The van der Waals surface area contributed by atoms with Crippen LogP contribution in [0.5, 0.6) is 11.5 Å². The monoisotopic (exact) mass is 362 g/mol. The summed E-state index contributed by atoms with van der Waals surface area (Å²) in [7, 11) is -0.386. The number of nitrogens with zero attached hydrogens (tertiary/aromatic N) is 4. The summed E-state index contributed by atoms with van der Waals surface area (Å²) in [5.74, 6) is 1.54. The van der Waals surface area contributed by atoms with Crippen molar-refractivity contribution in [3.8, 4) is 11.5 Å². The fraction of sp³-hybridized carbons (Fsp3) is 0.267. The number of hydrogen-bond acceptors (Lipinski definition) is 8. The normalized spacial score (nSPS) is 11.5. The van der Waals surface area contributed by atoms with Gasteiger partial charge in [0.1, 0.15) is 17.6 Å². The maximum atomic E-state index is 11.9. The van der Waals surface area contributed by atoms with E-state index in [2.05, 4.69) is 15.0 Å². The number of nitrogen functional groups attached to an aromatic ring is 1. The van der Waals surface area contributed by atoms with Crippen LogP contribution in [0, 0.1) is 0 Å². The predicted octanol–water partition coefficient (Wildman–Crippen LogP) is 2.21. The number of ether oxygens (including phenoxy) is 2. The van der Waals surface area contributed by atoms with Crippen LogP contribution in [0.25, 0.3) is 11.2 Å². The van der Waals surface area contributed by atoms with Gasteiger partial charge in [-0.3, -0.25) is 4.52 Å². The summed E-state index contributed by atoms with van der Waals surface area (Å²) in [4.78, 5) is 12.2. The highest BCUT2D eigenvalue weighted by molar-refractivity contribution is 7.39. The molecule has 0 aliphatic heterocycles. The Bertz CT molecular complexity index is 868. The van der Waals surface area contributed by atoms with Crippen LogP contribution in [0.15, 0.2) is 36.9 Å². The molecule has 0 amide bonds. The van der Waals surface area contributed by atoms with Gasteiger partial charge < -0.3 is 19.8 Å². The zero-order valence-electron chi connectivity index (χ0n) is 13.5. The first kappa shape index (κ1) is 17.1. The average Bonchev–Trinajstić information content (AvgIpc) is 3.04. The number of methoxy groups -OCH3 is 1. The Balaban J connectivity index is 1.46. The van der Waals surface area contributed by atoms with E-state index in [1.165, 1.54) is 6.33 Å². The minimum absolute atomic E-state index is 0.00881. The van der Waals surface area contributed by atoms with Crippen LogP contribution in [0.1, 0.15) is 0 Å². The standard InChI is InChI=1S/C15H17N5O4P/c1-22-11-2-4-12(5-3-11)24-25(21)10-23-7-6-20-9-19-13-14(16)17-8-18-15(13)20/h2-5,8-9H,6-7,10H2,1H3,(H2,16,17,18)/q+1. The molecule has 130 valence electrons. The van der Waals surface area contributed by atoms with Crippen molar-refractivity contribution in [1.29, 1.82) is 0 Å². The Morgan fingerprint density at radius 2 is 1.92 bits per heavy atom. The van der Waals surface area contributed by atoms with Gasteiger partial charge in [0.15, 0.2) is 17.2 Å². The summed E-state index contributed by atoms with van der Waals surface area (Å²) in [6.45, 7) is 0.834. The summed E-state index contributed by atoms with van der Waals surface area (Å²) in [6, 6.07) is 6.84. The molecule has 0 aliphatic rings. The van der Waals surface area contributed by atoms with Crippen molar-refractivity contribution in [3.05, 3.63) is 36.9 Å². The molecule has 25 heavy (non-hydrogen) atoms. The SMILES string of the molecule is COc1ccc(O[P+](=O)COCCn2cnc3c(N)ncnc32)cc1. The Morgan fingerprint density at radius 3 is 2.68 bits per heavy atom. The highest BCUT2D eigenvalue weighted by Gasteiger charge is 2.19. The third kappa shape index (κ3) is 4.20. The van der Waals surface area contributed by atoms with Crippen molar-refractivity contribution in [2.75, 3.05) is 25.8 Å². The number of hydrogen-bond donors (Lipinski definition) is 1. The lowest BCUT2D eigenvalue weighted by Gasteiger charge is -2.02. The molecular formula is C15H17N5O4P+. The van der Waals surface area contributed by atoms with Crippen molar-refractivity contribution in [3.63, 3.8) is 0 Å². The van der Waals surface area contributed by atoms with Gasteiger partial charge >= 0.3 is 8.03 Å². The molecule has 1 atom stereocenters. The summed E-state index contributed by atoms with van der Waals surface area (Å²) in [5, 5.41) is 0. The number of aromatic nitrogens is 4. The molecule has 0 radical (unpaired) electrons. The predicted molar refractivity (Wildman–Crippen MR) is 91.8 cm³/mol. The minimum atomic E-state index is -1.96. The first-order valence-electron chi connectivity index (χ1n) is 7.43. The van der Waals surface area contributed by atoms with E-state index in [0.717, 1.165) is 0 Å². The maximum Gasteiger partial charge on any atom is 0.585 e. The van der Waals surface area contributed by atoms with Gasteiger partial charge in [-0.2, -0.15) is 0 Å². The van der Waals surface area contributed by atoms with E-state index in [0.29, 0.717) is 41.6 Å². The number of rotatable bonds is 8. The Morgan fingerprint density at radius 1 is 1.16 bits per heavy atom. The zero-order valence-corrected chi connectivity index (χ0v) is 14.4. The maximum absolute atomic E-state index is 11.9. The lowest BCUT2D eigenvalue weighted by Crippen LogP contribution is -2.06. The average molecular weight is 362 g/mol. The molecule has 1 aromatic carbocycles. The van der Waals surface area contributed by atoms with Crippen LogP contribution in [0.3, 0.4) is 0 Å². The Hall–Kier alpha value is -2.77. The third-order valence-corrected chi connectivity index (χ3v) is 4.18. The number of imidazole rings is 1. The highest BCUT2D eigenvalue weighted by atomic mass is 31.1. The van der Waals surface area contributed by atoms with Gasteiger partial charge in [0.2, 0.25) is 0 Å². The molecular weight excluding hydrogens is 345 g/mol. The lowest BCUT2D eigenvalue weighted by molar-refractivity contribution is 0.164. The molecule has 3 aromatic rings. The van der Waals surface area contributed by atoms with E-state index in [1.54, 1.807) is 42.3 Å². The lowest BCUT2D eigenvalue weighted by atomic mass is 10.3. The smallest absolute Gasteiger partial charge is 0.497 e. The quantitative estimate of drug-likeness (QED) is 0.479. The molecule has 2 aromatic heterocycles. The first-order chi connectivity index (χ1) is 12.2. The second-order valence-electron chi connectivity index (χ2n) is 5.01. The van der Waals surface area contributed by atoms with E-state index in [-0.39, 0.29) is 6.35 Å². The number of nitrogens with two attached hydrogens (primary N) is 1. The van der Waals surface area contributed by atoms with Crippen molar-refractivity contribution < 1.29 is 18.6 Å². The summed E-state index contributed by atoms with van der Waals surface area (Å²) in [6.07, 6.45) is 2.99. The van der Waals surface area contributed by atoms with Gasteiger partial charge in [0.25, 0.3) is 6.35 Å². The molecule has 10 heteroatoms. The van der Waals surface area contributed by atoms with Crippen LogP contribution in [-0.4, -0.2) is 39.6 Å². The minimum Gasteiger partial charge on any atom is -0.497 e. The van der Waals surface area contributed by atoms with Crippen LogP contribution < -0.4 is 15.0 Å². The van der Waals surface area contributed by atoms with Crippen molar-refractivity contribution in [1.82, 2.24) is 19.5 Å². The van der Waals surface area contributed by atoms with Gasteiger partial charge in [-0.25, -0.2) is 15.0 Å². The van der Waals surface area contributed by atoms with Gasteiger partial charge in [-0.1, -0.05) is 0 Å². The van der Waals surface area contributed by atoms with Crippen molar-refractivity contribution >= 4 is 25.0 Å². The third-order valence-electron chi connectivity index (χ3n) is 3.37. The Kier molecular flexibility index (Phi) is 5.37. The van der Waals surface area contributed by atoms with E-state index < -0.39 is 8.03 Å². The fourth-order valence-electron chi connectivity index (χ4n) is 2.14. The van der Waals surface area contributed by atoms with Crippen LogP contribution in [-0.2, 0) is 15.8 Å². The van der Waals surface area contributed by atoms with Gasteiger partial charge in [-0.05, 0) is 28.8 Å². The molecule has 9 nitrogen and oxygen atoms in total. The number of anilines is 1. The molecule has 0 fully saturated rings. The molecule has 0 bridgehead atoms. The first-order valence-corrected chi connectivity index (χ1v) is 8.79. The summed E-state index contributed by atoms with van der Waals surface area (Å²) < 4.78 is 29.5. The second kappa shape index (κ2) is 7.87. The van der Waals surface area contributed by atoms with E-state index >= 15 is 0 Å².